The minimum absolute atomic E-state index is 0.0267. The minimum atomic E-state index is -0.324. The molecule has 0 spiro atoms. The van der Waals surface area contributed by atoms with Crippen molar-refractivity contribution in [2.24, 2.45) is 4.99 Å². The van der Waals surface area contributed by atoms with E-state index < -0.39 is 0 Å². The molecule has 4 nitrogen and oxygen atoms in total. The van der Waals surface area contributed by atoms with Crippen LogP contribution < -0.4 is 10.6 Å². The van der Waals surface area contributed by atoms with Crippen molar-refractivity contribution in [1.29, 1.82) is 0 Å². The van der Waals surface area contributed by atoms with E-state index in [1.54, 1.807) is 0 Å². The van der Waals surface area contributed by atoms with Gasteiger partial charge in [0.25, 0.3) is 5.91 Å². The van der Waals surface area contributed by atoms with Gasteiger partial charge in [-0.1, -0.05) is 19.1 Å². The molecule has 1 atom stereocenters. The van der Waals surface area contributed by atoms with Gasteiger partial charge < -0.3 is 5.32 Å². The van der Waals surface area contributed by atoms with Crippen molar-refractivity contribution in [3.05, 3.63) is 34.4 Å². The van der Waals surface area contributed by atoms with E-state index in [2.05, 4.69) is 48.5 Å². The molecule has 1 fully saturated rings. The third-order valence-corrected chi connectivity index (χ3v) is 3.47. The molecule has 1 aromatic carbocycles. The fraction of sp³-hybridized carbons (Fsp3) is 0.467. The third kappa shape index (κ3) is 2.78. The molecule has 1 unspecified atom stereocenters. The van der Waals surface area contributed by atoms with E-state index in [0.717, 1.165) is 24.1 Å². The van der Waals surface area contributed by atoms with E-state index in [1.807, 2.05) is 6.92 Å². The summed E-state index contributed by atoms with van der Waals surface area (Å²) in [5.74, 6) is 0.565. The summed E-state index contributed by atoms with van der Waals surface area (Å²) < 4.78 is 0. The van der Waals surface area contributed by atoms with Gasteiger partial charge >= 0.3 is 0 Å². The highest BCUT2D eigenvalue weighted by Gasteiger charge is 2.30. The molecule has 102 valence electrons. The van der Waals surface area contributed by atoms with Crippen molar-refractivity contribution in [1.82, 2.24) is 10.6 Å². The summed E-state index contributed by atoms with van der Waals surface area (Å²) in [6.45, 7) is 8.98. The van der Waals surface area contributed by atoms with E-state index in [0.29, 0.717) is 5.96 Å². The zero-order valence-electron chi connectivity index (χ0n) is 12.0. The molecule has 0 bridgehead atoms. The zero-order valence-corrected chi connectivity index (χ0v) is 12.0. The summed E-state index contributed by atoms with van der Waals surface area (Å²) in [7, 11) is 0. The highest BCUT2D eigenvalue weighted by molar-refractivity contribution is 6.06. The zero-order chi connectivity index (χ0) is 14.0. The van der Waals surface area contributed by atoms with Crippen molar-refractivity contribution in [2.75, 3.05) is 6.54 Å². The molecule has 0 radical (unpaired) electrons. The topological polar surface area (TPSA) is 53.5 Å². The van der Waals surface area contributed by atoms with Gasteiger partial charge in [-0.25, -0.2) is 0 Å². The number of hydrogen-bond acceptors (Lipinski definition) is 2. The SMILES string of the molecule is CCCN=C1NC(=O)C(c2cc(C)c(C)cc2C)N1. The Balaban J connectivity index is 2.28. The smallest absolute Gasteiger partial charge is 0.253 e. The Hall–Kier alpha value is -1.84. The summed E-state index contributed by atoms with van der Waals surface area (Å²) in [5, 5.41) is 5.97. The lowest BCUT2D eigenvalue weighted by Crippen LogP contribution is -2.25. The number of carbonyl (C=O) groups excluding carboxylic acids is 1. The number of aryl methyl sites for hydroxylation is 3. The monoisotopic (exact) mass is 259 g/mol. The number of hydrogen-bond donors (Lipinski definition) is 2. The minimum Gasteiger partial charge on any atom is -0.340 e. The van der Waals surface area contributed by atoms with Gasteiger partial charge in [-0.15, -0.1) is 0 Å². The van der Waals surface area contributed by atoms with E-state index in [1.165, 1.54) is 11.1 Å². The first-order valence-electron chi connectivity index (χ1n) is 6.72. The molecule has 1 amide bonds. The van der Waals surface area contributed by atoms with E-state index >= 15 is 0 Å². The Morgan fingerprint density at radius 1 is 1.16 bits per heavy atom. The van der Waals surface area contributed by atoms with Crippen LogP contribution >= 0.6 is 0 Å². The van der Waals surface area contributed by atoms with E-state index in [9.17, 15) is 4.79 Å². The molecule has 1 aromatic rings. The first kappa shape index (κ1) is 13.6. The second kappa shape index (κ2) is 5.43. The van der Waals surface area contributed by atoms with Crippen LogP contribution in [-0.2, 0) is 4.79 Å². The Morgan fingerprint density at radius 3 is 2.53 bits per heavy atom. The average Bonchev–Trinajstić information content (AvgIpc) is 2.72. The number of amides is 1. The molecule has 2 N–H and O–H groups in total. The molecule has 0 aromatic heterocycles. The second-order valence-corrected chi connectivity index (χ2v) is 5.09. The molecular weight excluding hydrogens is 238 g/mol. The summed E-state index contributed by atoms with van der Waals surface area (Å²) in [5.41, 5.74) is 4.61. The summed E-state index contributed by atoms with van der Waals surface area (Å²) in [4.78, 5) is 16.4. The first-order chi connectivity index (χ1) is 9.02. The van der Waals surface area contributed by atoms with Crippen molar-refractivity contribution in [3.63, 3.8) is 0 Å². The Morgan fingerprint density at radius 2 is 1.84 bits per heavy atom. The van der Waals surface area contributed by atoms with E-state index in [4.69, 9.17) is 0 Å². The van der Waals surface area contributed by atoms with Crippen LogP contribution in [0.3, 0.4) is 0 Å². The summed E-state index contributed by atoms with van der Waals surface area (Å²) in [6.07, 6.45) is 0.967. The standard InChI is InChI=1S/C15H21N3O/c1-5-6-16-15-17-13(14(19)18-15)12-8-10(3)9(2)7-11(12)4/h7-8,13H,5-6H2,1-4H3,(H2,16,17,18,19). The lowest BCUT2D eigenvalue weighted by atomic mass is 9.96. The van der Waals surface area contributed by atoms with Crippen LogP contribution in [-0.4, -0.2) is 18.4 Å². The number of nitrogens with one attached hydrogen (secondary N) is 2. The average molecular weight is 259 g/mol. The van der Waals surface area contributed by atoms with Crippen LogP contribution in [0.4, 0.5) is 0 Å². The molecular formula is C15H21N3O. The normalized spacial score (nSPS) is 20.5. The molecule has 4 heteroatoms. The number of aliphatic imine (C=N–C) groups is 1. The third-order valence-electron chi connectivity index (χ3n) is 3.47. The Kier molecular flexibility index (Phi) is 3.88. The van der Waals surface area contributed by atoms with Crippen molar-refractivity contribution < 1.29 is 4.79 Å². The van der Waals surface area contributed by atoms with Gasteiger partial charge in [0.2, 0.25) is 0 Å². The highest BCUT2D eigenvalue weighted by Crippen LogP contribution is 2.23. The fourth-order valence-corrected chi connectivity index (χ4v) is 2.25. The van der Waals surface area contributed by atoms with Crippen LogP contribution in [0.2, 0.25) is 0 Å². The number of benzene rings is 1. The molecule has 0 aliphatic carbocycles. The Labute approximate surface area is 114 Å². The van der Waals surface area contributed by atoms with Gasteiger partial charge in [0, 0.05) is 6.54 Å². The highest BCUT2D eigenvalue weighted by atomic mass is 16.2. The van der Waals surface area contributed by atoms with Gasteiger partial charge in [-0.05, 0) is 49.4 Å². The van der Waals surface area contributed by atoms with Gasteiger partial charge in [-0.2, -0.15) is 0 Å². The molecule has 1 saturated heterocycles. The van der Waals surface area contributed by atoms with Crippen molar-refractivity contribution in [3.8, 4) is 0 Å². The molecule has 0 saturated carbocycles. The molecule has 1 heterocycles. The van der Waals surface area contributed by atoms with Crippen molar-refractivity contribution in [2.45, 2.75) is 40.2 Å². The maximum absolute atomic E-state index is 12.0. The number of carbonyl (C=O) groups is 1. The van der Waals surface area contributed by atoms with Gasteiger partial charge in [-0.3, -0.25) is 15.1 Å². The lowest BCUT2D eigenvalue weighted by Gasteiger charge is -2.14. The molecule has 1 aliphatic heterocycles. The van der Waals surface area contributed by atoms with Gasteiger partial charge in [0.1, 0.15) is 6.04 Å². The quantitative estimate of drug-likeness (QED) is 0.873. The van der Waals surface area contributed by atoms with Crippen LogP contribution in [0, 0.1) is 20.8 Å². The fourth-order valence-electron chi connectivity index (χ4n) is 2.25. The van der Waals surface area contributed by atoms with Crippen LogP contribution in [0.25, 0.3) is 0 Å². The second-order valence-electron chi connectivity index (χ2n) is 5.09. The number of nitrogens with zero attached hydrogens (tertiary/aromatic N) is 1. The maximum atomic E-state index is 12.0. The predicted octanol–water partition coefficient (Wildman–Crippen LogP) is 2.14. The number of guanidine groups is 1. The maximum Gasteiger partial charge on any atom is 0.253 e. The summed E-state index contributed by atoms with van der Waals surface area (Å²) >= 11 is 0. The molecule has 19 heavy (non-hydrogen) atoms. The summed E-state index contributed by atoms with van der Waals surface area (Å²) in [6, 6.07) is 3.89. The molecule has 1 aliphatic rings. The molecule has 2 rings (SSSR count). The lowest BCUT2D eigenvalue weighted by molar-refractivity contribution is -0.120. The van der Waals surface area contributed by atoms with Crippen molar-refractivity contribution >= 4 is 11.9 Å². The van der Waals surface area contributed by atoms with Gasteiger partial charge in [0.05, 0.1) is 0 Å². The largest absolute Gasteiger partial charge is 0.340 e. The van der Waals surface area contributed by atoms with Crippen LogP contribution in [0.1, 0.15) is 41.6 Å². The predicted molar refractivity (Wildman–Crippen MR) is 77.3 cm³/mol. The van der Waals surface area contributed by atoms with Gasteiger partial charge in [0.15, 0.2) is 5.96 Å². The Bertz CT molecular complexity index is 534. The van der Waals surface area contributed by atoms with E-state index in [-0.39, 0.29) is 11.9 Å². The van der Waals surface area contributed by atoms with Crippen LogP contribution in [0.15, 0.2) is 17.1 Å². The first-order valence-corrected chi connectivity index (χ1v) is 6.72. The number of rotatable bonds is 3. The van der Waals surface area contributed by atoms with Crippen LogP contribution in [0.5, 0.6) is 0 Å².